The summed E-state index contributed by atoms with van der Waals surface area (Å²) < 4.78 is 4.77. The van der Waals surface area contributed by atoms with Gasteiger partial charge in [-0.15, -0.1) is 0 Å². The van der Waals surface area contributed by atoms with Crippen molar-refractivity contribution in [3.63, 3.8) is 0 Å². The highest BCUT2D eigenvalue weighted by Crippen LogP contribution is 1.90. The van der Waals surface area contributed by atoms with E-state index in [0.717, 1.165) is 4.90 Å². The van der Waals surface area contributed by atoms with Gasteiger partial charge in [-0.1, -0.05) is 0 Å². The second kappa shape index (κ2) is 8.64. The number of ether oxygens (including phenoxy) is 1. The summed E-state index contributed by atoms with van der Waals surface area (Å²) in [5.74, 6) is -1.63. The molecule has 0 rings (SSSR count). The Hall–Kier alpha value is -1.65. The van der Waals surface area contributed by atoms with Crippen molar-refractivity contribution in [3.8, 4) is 6.07 Å². The molecule has 0 aromatic carbocycles. The number of aliphatic hydroxyl groups is 1. The van der Waals surface area contributed by atoms with E-state index in [-0.39, 0.29) is 32.8 Å². The lowest BCUT2D eigenvalue weighted by atomic mass is 10.4. The summed E-state index contributed by atoms with van der Waals surface area (Å²) in [5.41, 5.74) is 0. The van der Waals surface area contributed by atoms with Crippen molar-refractivity contribution >= 4 is 11.8 Å². The summed E-state index contributed by atoms with van der Waals surface area (Å²) in [6.07, 6.45) is 0. The number of nitrogens with zero attached hydrogens (tertiary/aromatic N) is 2. The molecule has 7 heteroatoms. The fourth-order valence-corrected chi connectivity index (χ4v) is 0.976. The zero-order valence-electron chi connectivity index (χ0n) is 9.10. The van der Waals surface area contributed by atoms with Crippen LogP contribution in [0.3, 0.4) is 0 Å². The summed E-state index contributed by atoms with van der Waals surface area (Å²) >= 11 is 0. The third-order valence-corrected chi connectivity index (χ3v) is 1.74. The van der Waals surface area contributed by atoms with Gasteiger partial charge in [0.05, 0.1) is 19.3 Å². The van der Waals surface area contributed by atoms with Crippen molar-refractivity contribution < 1.29 is 19.4 Å². The second-order valence-electron chi connectivity index (χ2n) is 2.85. The number of rotatable bonds is 6. The molecule has 0 aliphatic rings. The van der Waals surface area contributed by atoms with E-state index in [9.17, 15) is 9.59 Å². The van der Waals surface area contributed by atoms with E-state index in [4.69, 9.17) is 15.1 Å². The Morgan fingerprint density at radius 3 is 2.69 bits per heavy atom. The molecule has 16 heavy (non-hydrogen) atoms. The molecule has 90 valence electrons. The van der Waals surface area contributed by atoms with Crippen molar-refractivity contribution in [2.24, 2.45) is 0 Å². The molecule has 7 nitrogen and oxygen atoms in total. The summed E-state index contributed by atoms with van der Waals surface area (Å²) in [4.78, 5) is 23.9. The molecule has 0 radical (unpaired) electrons. The Kier molecular flexibility index (Phi) is 7.75. The third-order valence-electron chi connectivity index (χ3n) is 1.74. The molecular weight excluding hydrogens is 214 g/mol. The zero-order chi connectivity index (χ0) is 12.4. The molecule has 0 spiro atoms. The predicted molar refractivity (Wildman–Crippen MR) is 54.2 cm³/mol. The van der Waals surface area contributed by atoms with E-state index in [2.05, 4.69) is 5.32 Å². The maximum absolute atomic E-state index is 11.5. The van der Waals surface area contributed by atoms with Crippen LogP contribution in [-0.2, 0) is 14.3 Å². The lowest BCUT2D eigenvalue weighted by molar-refractivity contribution is -0.146. The Labute approximate surface area is 93.6 Å². The number of hydrogen-bond donors (Lipinski definition) is 2. The number of nitriles is 1. The van der Waals surface area contributed by atoms with Crippen LogP contribution in [0, 0.1) is 11.3 Å². The van der Waals surface area contributed by atoms with E-state index in [1.54, 1.807) is 6.07 Å². The van der Waals surface area contributed by atoms with Gasteiger partial charge >= 0.3 is 11.8 Å². The van der Waals surface area contributed by atoms with Crippen molar-refractivity contribution in [3.05, 3.63) is 0 Å². The Balaban J connectivity index is 4.24. The van der Waals surface area contributed by atoms with Crippen LogP contribution in [0.4, 0.5) is 0 Å². The van der Waals surface area contributed by atoms with Gasteiger partial charge in [0.15, 0.2) is 0 Å². The van der Waals surface area contributed by atoms with Crippen LogP contribution in [0.25, 0.3) is 0 Å². The minimum atomic E-state index is -0.855. The number of hydrogen-bond acceptors (Lipinski definition) is 5. The fraction of sp³-hybridized carbons (Fsp3) is 0.667. The number of methoxy groups -OCH3 is 1. The Morgan fingerprint density at radius 2 is 2.19 bits per heavy atom. The minimum absolute atomic E-state index is 0.0577. The molecule has 0 aliphatic carbocycles. The standard InChI is InChI=1S/C9H15N3O4/c1-16-7-5-12(4-6-13)9(15)8(14)11-3-2-10/h13H,3-7H2,1H3,(H,11,14). The number of carbonyl (C=O) groups is 2. The van der Waals surface area contributed by atoms with Gasteiger partial charge in [0.2, 0.25) is 0 Å². The van der Waals surface area contributed by atoms with Crippen LogP contribution < -0.4 is 5.32 Å². The van der Waals surface area contributed by atoms with E-state index in [0.29, 0.717) is 0 Å². The van der Waals surface area contributed by atoms with Crippen molar-refractivity contribution in [1.29, 1.82) is 5.26 Å². The lowest BCUT2D eigenvalue weighted by Crippen LogP contribution is -2.45. The van der Waals surface area contributed by atoms with Gasteiger partial charge in [-0.05, 0) is 0 Å². The molecule has 0 aromatic rings. The van der Waals surface area contributed by atoms with Gasteiger partial charge < -0.3 is 20.1 Å². The summed E-state index contributed by atoms with van der Waals surface area (Å²) in [6, 6.07) is 1.69. The van der Waals surface area contributed by atoms with Crippen LogP contribution in [0.1, 0.15) is 0 Å². The van der Waals surface area contributed by atoms with Crippen molar-refractivity contribution in [2.75, 3.05) is 40.0 Å². The summed E-state index contributed by atoms with van der Waals surface area (Å²) in [6.45, 7) is 0.0953. The molecule has 0 atom stereocenters. The van der Waals surface area contributed by atoms with E-state index >= 15 is 0 Å². The smallest absolute Gasteiger partial charge is 0.312 e. The van der Waals surface area contributed by atoms with E-state index in [1.807, 2.05) is 0 Å². The number of carbonyl (C=O) groups excluding carboxylic acids is 2. The number of amides is 2. The van der Waals surface area contributed by atoms with Crippen LogP contribution in [0.2, 0.25) is 0 Å². The molecule has 0 unspecified atom stereocenters. The first-order chi connectivity index (χ1) is 7.67. The number of nitrogens with one attached hydrogen (secondary N) is 1. The highest BCUT2D eigenvalue weighted by molar-refractivity contribution is 6.35. The monoisotopic (exact) mass is 229 g/mol. The van der Waals surface area contributed by atoms with Crippen molar-refractivity contribution in [2.45, 2.75) is 0 Å². The largest absolute Gasteiger partial charge is 0.395 e. The van der Waals surface area contributed by atoms with Gasteiger partial charge in [0.1, 0.15) is 6.54 Å². The highest BCUT2D eigenvalue weighted by atomic mass is 16.5. The minimum Gasteiger partial charge on any atom is -0.395 e. The topological polar surface area (TPSA) is 103 Å². The molecule has 0 saturated carbocycles. The molecule has 0 bridgehead atoms. The zero-order valence-corrected chi connectivity index (χ0v) is 9.10. The Bertz CT molecular complexity index is 274. The molecule has 2 N–H and O–H groups in total. The van der Waals surface area contributed by atoms with Gasteiger partial charge in [-0.2, -0.15) is 5.26 Å². The molecule has 0 aromatic heterocycles. The van der Waals surface area contributed by atoms with Gasteiger partial charge in [-0.25, -0.2) is 0 Å². The van der Waals surface area contributed by atoms with E-state index < -0.39 is 11.8 Å². The fourth-order valence-electron chi connectivity index (χ4n) is 0.976. The van der Waals surface area contributed by atoms with Crippen LogP contribution in [-0.4, -0.2) is 61.8 Å². The first kappa shape index (κ1) is 14.3. The molecule has 2 amide bonds. The first-order valence-electron chi connectivity index (χ1n) is 4.71. The van der Waals surface area contributed by atoms with Gasteiger partial charge in [-0.3, -0.25) is 9.59 Å². The maximum atomic E-state index is 11.5. The SMILES string of the molecule is COCCN(CCO)C(=O)C(=O)NCC#N. The average molecular weight is 229 g/mol. The molecular formula is C9H15N3O4. The summed E-state index contributed by atoms with van der Waals surface area (Å²) in [7, 11) is 1.47. The lowest BCUT2D eigenvalue weighted by Gasteiger charge is -2.20. The van der Waals surface area contributed by atoms with Crippen LogP contribution in [0.5, 0.6) is 0 Å². The van der Waals surface area contributed by atoms with E-state index in [1.165, 1.54) is 7.11 Å². The van der Waals surface area contributed by atoms with Gasteiger partial charge in [0.25, 0.3) is 0 Å². The van der Waals surface area contributed by atoms with Gasteiger partial charge in [0, 0.05) is 20.2 Å². The number of aliphatic hydroxyl groups excluding tert-OH is 1. The highest BCUT2D eigenvalue weighted by Gasteiger charge is 2.20. The molecule has 0 aliphatic heterocycles. The first-order valence-corrected chi connectivity index (χ1v) is 4.71. The third kappa shape index (κ3) is 5.29. The van der Waals surface area contributed by atoms with Crippen molar-refractivity contribution in [1.82, 2.24) is 10.2 Å². The quantitative estimate of drug-likeness (QED) is 0.409. The average Bonchev–Trinajstić information content (AvgIpc) is 2.30. The maximum Gasteiger partial charge on any atom is 0.312 e. The molecule has 0 heterocycles. The molecule has 0 saturated heterocycles. The Morgan fingerprint density at radius 1 is 1.50 bits per heavy atom. The van der Waals surface area contributed by atoms with Crippen LogP contribution >= 0.6 is 0 Å². The molecule has 0 fully saturated rings. The predicted octanol–water partition coefficient (Wildman–Crippen LogP) is -1.91. The summed E-state index contributed by atoms with van der Waals surface area (Å²) in [5, 5.41) is 19.1. The normalized spacial score (nSPS) is 9.31. The second-order valence-corrected chi connectivity index (χ2v) is 2.85. The van der Waals surface area contributed by atoms with Crippen LogP contribution in [0.15, 0.2) is 0 Å².